The van der Waals surface area contributed by atoms with Crippen molar-refractivity contribution in [3.8, 4) is 0 Å². The Morgan fingerprint density at radius 1 is 1.43 bits per heavy atom. The van der Waals surface area contributed by atoms with Gasteiger partial charge in [0.05, 0.1) is 18.2 Å². The van der Waals surface area contributed by atoms with Crippen LogP contribution in [0.15, 0.2) is 36.1 Å². The summed E-state index contributed by atoms with van der Waals surface area (Å²) in [4.78, 5) is 18.0. The van der Waals surface area contributed by atoms with Crippen LogP contribution < -0.4 is 5.48 Å². The SMILES string of the molecule is C=CCONC(CCC)C1=C(O)CC(C2CC=CCC2)CC1=O. The molecule has 0 radical (unpaired) electrons. The largest absolute Gasteiger partial charge is 0.512 e. The van der Waals surface area contributed by atoms with Crippen molar-refractivity contribution < 1.29 is 14.7 Å². The van der Waals surface area contributed by atoms with Crippen LogP contribution in [0.3, 0.4) is 0 Å². The molecule has 0 fully saturated rings. The number of hydrogen-bond acceptors (Lipinski definition) is 4. The number of carbonyl (C=O) groups excluding carboxylic acids is 1. The van der Waals surface area contributed by atoms with E-state index >= 15 is 0 Å². The minimum atomic E-state index is -0.236. The van der Waals surface area contributed by atoms with E-state index in [0.29, 0.717) is 30.9 Å². The molecule has 3 atom stereocenters. The molecule has 2 aliphatic carbocycles. The molecule has 0 aliphatic heterocycles. The molecule has 0 bridgehead atoms. The number of rotatable bonds is 8. The zero-order valence-electron chi connectivity index (χ0n) is 14.1. The van der Waals surface area contributed by atoms with Crippen LogP contribution in [0.25, 0.3) is 0 Å². The third-order valence-electron chi connectivity index (χ3n) is 4.84. The van der Waals surface area contributed by atoms with Crippen molar-refractivity contribution in [2.24, 2.45) is 11.8 Å². The van der Waals surface area contributed by atoms with Crippen LogP contribution in [0.5, 0.6) is 0 Å². The minimum absolute atomic E-state index is 0.0708. The zero-order chi connectivity index (χ0) is 16.7. The van der Waals surface area contributed by atoms with Gasteiger partial charge in [0.1, 0.15) is 5.76 Å². The number of ketones is 1. The number of allylic oxidation sites excluding steroid dienone is 3. The molecule has 0 aromatic rings. The third-order valence-corrected chi connectivity index (χ3v) is 4.84. The maximum absolute atomic E-state index is 12.7. The lowest BCUT2D eigenvalue weighted by Gasteiger charge is -2.33. The first-order valence-corrected chi connectivity index (χ1v) is 8.75. The van der Waals surface area contributed by atoms with Gasteiger partial charge in [-0.05, 0) is 37.5 Å². The molecule has 0 saturated carbocycles. The summed E-state index contributed by atoms with van der Waals surface area (Å²) in [5.74, 6) is 1.12. The summed E-state index contributed by atoms with van der Waals surface area (Å²) in [6.07, 6.45) is 12.1. The van der Waals surface area contributed by atoms with Crippen LogP contribution >= 0.6 is 0 Å². The summed E-state index contributed by atoms with van der Waals surface area (Å²) in [6.45, 7) is 6.04. The molecule has 128 valence electrons. The van der Waals surface area contributed by atoms with Gasteiger partial charge in [0.15, 0.2) is 5.78 Å². The van der Waals surface area contributed by atoms with Crippen LogP contribution in [-0.4, -0.2) is 23.5 Å². The van der Waals surface area contributed by atoms with E-state index in [-0.39, 0.29) is 23.5 Å². The van der Waals surface area contributed by atoms with E-state index in [1.54, 1.807) is 6.08 Å². The number of aliphatic hydroxyl groups is 1. The number of carbonyl (C=O) groups is 1. The second-order valence-electron chi connectivity index (χ2n) is 6.56. The normalized spacial score (nSPS) is 26.4. The Morgan fingerprint density at radius 3 is 2.87 bits per heavy atom. The standard InChI is InChI=1S/C19H29NO3/c1-3-8-16(20-23-11-4-2)19-17(21)12-15(13-18(19)22)14-9-6-5-7-10-14/h4-6,14-16,20-21H,2-3,7-13H2,1H3. The van der Waals surface area contributed by atoms with Crippen LogP contribution in [0.4, 0.5) is 0 Å². The summed E-state index contributed by atoms with van der Waals surface area (Å²) < 4.78 is 0. The smallest absolute Gasteiger partial charge is 0.164 e. The molecule has 2 N–H and O–H groups in total. The average Bonchev–Trinajstić information content (AvgIpc) is 2.55. The van der Waals surface area contributed by atoms with Gasteiger partial charge in [0.25, 0.3) is 0 Å². The van der Waals surface area contributed by atoms with Gasteiger partial charge in [-0.1, -0.05) is 31.6 Å². The van der Waals surface area contributed by atoms with Crippen LogP contribution in [0, 0.1) is 11.8 Å². The molecular weight excluding hydrogens is 290 g/mol. The Bertz CT molecular complexity index is 481. The molecule has 23 heavy (non-hydrogen) atoms. The van der Waals surface area contributed by atoms with Crippen molar-refractivity contribution in [2.75, 3.05) is 6.61 Å². The van der Waals surface area contributed by atoms with Gasteiger partial charge in [-0.3, -0.25) is 9.63 Å². The predicted octanol–water partition coefficient (Wildman–Crippen LogP) is 4.01. The number of hydrogen-bond donors (Lipinski definition) is 2. The lowest BCUT2D eigenvalue weighted by atomic mass is 9.73. The maximum Gasteiger partial charge on any atom is 0.164 e. The average molecular weight is 319 g/mol. The second kappa shape index (κ2) is 9.04. The van der Waals surface area contributed by atoms with Gasteiger partial charge in [-0.25, -0.2) is 0 Å². The molecule has 0 spiro atoms. The van der Waals surface area contributed by atoms with E-state index < -0.39 is 0 Å². The third kappa shape index (κ3) is 4.79. The minimum Gasteiger partial charge on any atom is -0.512 e. The van der Waals surface area contributed by atoms with Gasteiger partial charge >= 0.3 is 0 Å². The van der Waals surface area contributed by atoms with Crippen molar-refractivity contribution in [1.82, 2.24) is 5.48 Å². The first-order chi connectivity index (χ1) is 11.2. The summed E-state index contributed by atoms with van der Waals surface area (Å²) in [5, 5.41) is 10.5. The Balaban J connectivity index is 2.08. The quantitative estimate of drug-likeness (QED) is 0.403. The highest BCUT2D eigenvalue weighted by atomic mass is 16.6. The highest BCUT2D eigenvalue weighted by Crippen LogP contribution is 2.37. The molecule has 3 unspecified atom stereocenters. The second-order valence-corrected chi connectivity index (χ2v) is 6.56. The van der Waals surface area contributed by atoms with Crippen molar-refractivity contribution in [3.05, 3.63) is 36.1 Å². The van der Waals surface area contributed by atoms with Gasteiger partial charge in [0, 0.05) is 12.8 Å². The monoisotopic (exact) mass is 319 g/mol. The van der Waals surface area contributed by atoms with E-state index in [0.717, 1.165) is 32.1 Å². The number of nitrogens with one attached hydrogen (secondary N) is 1. The Kier molecular flexibility index (Phi) is 7.06. The Morgan fingerprint density at radius 2 is 2.26 bits per heavy atom. The summed E-state index contributed by atoms with van der Waals surface area (Å²) >= 11 is 0. The molecule has 0 aromatic heterocycles. The van der Waals surface area contributed by atoms with E-state index in [1.807, 2.05) is 0 Å². The highest BCUT2D eigenvalue weighted by molar-refractivity contribution is 5.98. The Labute approximate surface area is 139 Å². The number of hydroxylamine groups is 1. The molecule has 0 heterocycles. The summed E-state index contributed by atoms with van der Waals surface area (Å²) in [6, 6.07) is -0.236. The van der Waals surface area contributed by atoms with Gasteiger partial charge in [-0.2, -0.15) is 5.48 Å². The van der Waals surface area contributed by atoms with Crippen LogP contribution in [-0.2, 0) is 9.63 Å². The van der Waals surface area contributed by atoms with Crippen molar-refractivity contribution in [1.29, 1.82) is 0 Å². The first-order valence-electron chi connectivity index (χ1n) is 8.75. The van der Waals surface area contributed by atoms with Crippen molar-refractivity contribution >= 4 is 5.78 Å². The number of Topliss-reactive ketones (excluding diaryl/α,β-unsaturated/α-hetero) is 1. The molecule has 4 nitrogen and oxygen atoms in total. The van der Waals surface area contributed by atoms with Crippen molar-refractivity contribution in [2.45, 2.75) is 57.9 Å². The van der Waals surface area contributed by atoms with E-state index in [2.05, 4.69) is 31.1 Å². The Hall–Kier alpha value is -1.39. The van der Waals surface area contributed by atoms with Crippen LogP contribution in [0.2, 0.25) is 0 Å². The number of aliphatic hydroxyl groups excluding tert-OH is 1. The maximum atomic E-state index is 12.7. The topological polar surface area (TPSA) is 58.6 Å². The molecule has 0 aromatic carbocycles. The summed E-state index contributed by atoms with van der Waals surface area (Å²) in [5.41, 5.74) is 3.45. The van der Waals surface area contributed by atoms with Gasteiger partial charge in [-0.15, -0.1) is 6.58 Å². The molecule has 0 saturated heterocycles. The highest BCUT2D eigenvalue weighted by Gasteiger charge is 2.35. The molecule has 4 heteroatoms. The fraction of sp³-hybridized carbons (Fsp3) is 0.632. The van der Waals surface area contributed by atoms with Crippen molar-refractivity contribution in [3.63, 3.8) is 0 Å². The summed E-state index contributed by atoms with van der Waals surface area (Å²) in [7, 11) is 0. The fourth-order valence-electron chi connectivity index (χ4n) is 3.67. The van der Waals surface area contributed by atoms with E-state index in [9.17, 15) is 9.90 Å². The van der Waals surface area contributed by atoms with Crippen LogP contribution in [0.1, 0.15) is 51.9 Å². The zero-order valence-corrected chi connectivity index (χ0v) is 14.1. The van der Waals surface area contributed by atoms with E-state index in [1.165, 1.54) is 0 Å². The fourth-order valence-corrected chi connectivity index (χ4v) is 3.67. The lowest BCUT2D eigenvalue weighted by Crippen LogP contribution is -2.38. The molecule has 2 rings (SSSR count). The first kappa shape index (κ1) is 18.0. The lowest BCUT2D eigenvalue weighted by molar-refractivity contribution is -0.118. The van der Waals surface area contributed by atoms with Gasteiger partial charge in [0.2, 0.25) is 0 Å². The van der Waals surface area contributed by atoms with E-state index in [4.69, 9.17) is 4.84 Å². The predicted molar refractivity (Wildman–Crippen MR) is 91.8 cm³/mol. The molecule has 0 amide bonds. The molecular formula is C19H29NO3. The molecule has 2 aliphatic rings. The van der Waals surface area contributed by atoms with Gasteiger partial charge < -0.3 is 5.11 Å².